The number of hydrogen-bond acceptors (Lipinski definition) is 12. The fraction of sp³-hybridized carbons (Fsp3) is 0.404. The van der Waals surface area contributed by atoms with Gasteiger partial charge >= 0.3 is 0 Å². The van der Waals surface area contributed by atoms with Crippen molar-refractivity contribution in [1.29, 1.82) is 0 Å². The van der Waals surface area contributed by atoms with Crippen LogP contribution in [0.1, 0.15) is 76.3 Å². The maximum Gasteiger partial charge on any atom is 0.234 e. The van der Waals surface area contributed by atoms with Crippen molar-refractivity contribution in [1.82, 2.24) is 25.2 Å². The minimum Gasteiger partial charge on any atom is -0.371 e. The molecule has 8 rings (SSSR count). The third-order valence-corrected chi connectivity index (χ3v) is 15.0. The molecule has 3 fully saturated rings. The van der Waals surface area contributed by atoms with Gasteiger partial charge in [-0.05, 0) is 79.8 Å². The molecule has 0 spiro atoms. The van der Waals surface area contributed by atoms with Crippen LogP contribution in [-0.2, 0) is 29.8 Å². The fourth-order valence-electron chi connectivity index (χ4n) is 8.53. The number of anilines is 5. The lowest BCUT2D eigenvalue weighted by molar-refractivity contribution is -0.136. The summed E-state index contributed by atoms with van der Waals surface area (Å²) in [5.41, 5.74) is 3.12. The summed E-state index contributed by atoms with van der Waals surface area (Å²) in [7, 11) is -3.75. The molecule has 0 bridgehead atoms. The first-order valence-electron chi connectivity index (χ1n) is 22.0. The van der Waals surface area contributed by atoms with Crippen LogP contribution in [0.3, 0.4) is 0 Å². The van der Waals surface area contributed by atoms with Crippen molar-refractivity contribution < 1.29 is 31.6 Å². The smallest absolute Gasteiger partial charge is 0.234 e. The minimum atomic E-state index is -3.75. The second-order valence-electron chi connectivity index (χ2n) is 17.8. The van der Waals surface area contributed by atoms with Crippen molar-refractivity contribution in [2.45, 2.75) is 71.1 Å². The predicted molar refractivity (Wildman–Crippen MR) is 250 cm³/mol. The van der Waals surface area contributed by atoms with Crippen molar-refractivity contribution in [2.75, 3.05) is 64.9 Å². The molecule has 18 heteroatoms. The van der Waals surface area contributed by atoms with Gasteiger partial charge in [0.25, 0.3) is 0 Å². The Kier molecular flexibility index (Phi) is 13.2. The van der Waals surface area contributed by atoms with Gasteiger partial charge < -0.3 is 20.0 Å². The number of nitrogens with zero attached hydrogens (tertiary/aromatic N) is 6. The number of rotatable bonds is 12. The number of aromatic nitrogens is 3. The highest BCUT2D eigenvalue weighted by Crippen LogP contribution is 2.42. The molecule has 3 aromatic carbocycles. The van der Waals surface area contributed by atoms with Crippen LogP contribution in [0.15, 0.2) is 72.9 Å². The SMILES string of the molecule is CCCS(=O)(=O)Nc1cccc(-c2nc(C(C)(C)C)sc2-c2ccnc(Nc3ccc(N4CCN(C(=O)C5CCN(c6ccc([C@@H]7CCC(=O)NC7=O)cc6)CC5)CC4)c(F)c3)n2)c1F. The molecule has 342 valence electrons. The molecule has 5 heterocycles. The Hall–Kier alpha value is -6.01. The van der Waals surface area contributed by atoms with Crippen molar-refractivity contribution in [3.63, 3.8) is 0 Å². The third kappa shape index (κ3) is 10.3. The monoisotopic (exact) mass is 925 g/mol. The second kappa shape index (κ2) is 18.8. The van der Waals surface area contributed by atoms with Crippen LogP contribution < -0.4 is 25.2 Å². The molecule has 3 aliphatic rings. The molecule has 0 saturated carbocycles. The number of carbonyl (C=O) groups excluding carboxylic acids is 3. The summed E-state index contributed by atoms with van der Waals surface area (Å²) in [5.74, 6) is -1.90. The van der Waals surface area contributed by atoms with E-state index < -0.39 is 21.7 Å². The molecule has 3 amide bonds. The van der Waals surface area contributed by atoms with Gasteiger partial charge in [-0.15, -0.1) is 11.3 Å². The van der Waals surface area contributed by atoms with Crippen molar-refractivity contribution in [3.8, 4) is 21.8 Å². The van der Waals surface area contributed by atoms with Crippen molar-refractivity contribution >= 4 is 67.8 Å². The van der Waals surface area contributed by atoms with Gasteiger partial charge in [0.05, 0.1) is 44.3 Å². The number of carbonyl (C=O) groups is 3. The molecule has 0 unspecified atom stereocenters. The molecule has 5 aromatic rings. The zero-order chi connectivity index (χ0) is 46.0. The highest BCUT2D eigenvalue weighted by atomic mass is 32.2. The lowest BCUT2D eigenvalue weighted by Crippen LogP contribution is -2.52. The van der Waals surface area contributed by atoms with Crippen LogP contribution in [0.25, 0.3) is 21.8 Å². The molecule has 3 N–H and O–H groups in total. The Bertz CT molecular complexity index is 2690. The number of hydrogen-bond donors (Lipinski definition) is 3. The maximum absolute atomic E-state index is 16.1. The number of piperidine rings is 2. The number of piperazine rings is 1. The predicted octanol–water partition coefficient (Wildman–Crippen LogP) is 7.82. The number of sulfonamides is 1. The summed E-state index contributed by atoms with van der Waals surface area (Å²) in [6.07, 6.45) is 4.23. The number of imide groups is 1. The van der Waals surface area contributed by atoms with Gasteiger partial charge in [-0.2, -0.15) is 0 Å². The minimum absolute atomic E-state index is 0.0855. The van der Waals surface area contributed by atoms with Gasteiger partial charge in [0.1, 0.15) is 5.82 Å². The summed E-state index contributed by atoms with van der Waals surface area (Å²) in [6.45, 7) is 11.1. The molecule has 65 heavy (non-hydrogen) atoms. The fourth-order valence-corrected chi connectivity index (χ4v) is 10.8. The first-order valence-corrected chi connectivity index (χ1v) is 24.5. The van der Waals surface area contributed by atoms with Gasteiger partial charge in [0.2, 0.25) is 33.7 Å². The van der Waals surface area contributed by atoms with E-state index in [0.29, 0.717) is 73.1 Å². The first-order chi connectivity index (χ1) is 31.1. The summed E-state index contributed by atoms with van der Waals surface area (Å²) < 4.78 is 59.3. The lowest BCUT2D eigenvalue weighted by atomic mass is 9.90. The zero-order valence-corrected chi connectivity index (χ0v) is 38.5. The van der Waals surface area contributed by atoms with Crippen LogP contribution in [0.4, 0.5) is 37.5 Å². The van der Waals surface area contributed by atoms with E-state index in [2.05, 4.69) is 25.2 Å². The summed E-state index contributed by atoms with van der Waals surface area (Å²) in [6, 6.07) is 19.0. The Morgan fingerprint density at radius 1 is 0.908 bits per heavy atom. The number of nitrogens with one attached hydrogen (secondary N) is 3. The lowest BCUT2D eigenvalue weighted by Gasteiger charge is -2.40. The van der Waals surface area contributed by atoms with Crippen LogP contribution in [0.5, 0.6) is 0 Å². The molecular formula is C47H53F2N9O5S2. The highest BCUT2D eigenvalue weighted by Gasteiger charge is 2.33. The number of thiazole rings is 1. The van der Waals surface area contributed by atoms with E-state index in [9.17, 15) is 22.8 Å². The van der Waals surface area contributed by atoms with Crippen LogP contribution >= 0.6 is 11.3 Å². The molecular weight excluding hydrogens is 873 g/mol. The Morgan fingerprint density at radius 3 is 2.32 bits per heavy atom. The summed E-state index contributed by atoms with van der Waals surface area (Å²) >= 11 is 1.36. The largest absolute Gasteiger partial charge is 0.371 e. The van der Waals surface area contributed by atoms with Gasteiger partial charge in [-0.3, -0.25) is 24.4 Å². The Morgan fingerprint density at radius 2 is 1.65 bits per heavy atom. The van der Waals surface area contributed by atoms with E-state index in [4.69, 9.17) is 9.97 Å². The molecule has 2 aromatic heterocycles. The molecule has 1 atom stereocenters. The second-order valence-corrected chi connectivity index (χ2v) is 20.6. The maximum atomic E-state index is 16.1. The average molecular weight is 926 g/mol. The van der Waals surface area contributed by atoms with Crippen molar-refractivity contribution in [2.24, 2.45) is 5.92 Å². The van der Waals surface area contributed by atoms with Gasteiger partial charge in [-0.1, -0.05) is 45.9 Å². The Balaban J connectivity index is 0.882. The van der Waals surface area contributed by atoms with E-state index in [0.717, 1.165) is 42.2 Å². The standard InChI is InChI=1S/C47H53F2N9O5S2/c1-5-27-65(62,63)55-36-8-6-7-34(40(36)49)41-42(64-45(54-41)47(2,3)4)37-17-20-50-46(52-37)51-31-11-15-38(35(48)28-31)57-23-25-58(26-24-57)44(61)30-18-21-56(22-19-30)32-12-9-29(10-13-32)33-14-16-39(59)53-43(33)60/h6-13,15,17,20,28,30,33,55H,5,14,16,18-19,21-27H2,1-4H3,(H,50,51,52)(H,53,59,60)/t33-/m0/s1. The zero-order valence-electron chi connectivity index (χ0n) is 36.9. The molecule has 3 aliphatic heterocycles. The van der Waals surface area contributed by atoms with Crippen molar-refractivity contribution in [3.05, 3.63) is 95.1 Å². The number of halogens is 2. The normalized spacial score (nSPS) is 17.6. The molecule has 3 saturated heterocycles. The van der Waals surface area contributed by atoms with Gasteiger partial charge in [0, 0.05) is 80.2 Å². The molecule has 0 radical (unpaired) electrons. The summed E-state index contributed by atoms with van der Waals surface area (Å²) in [5, 5.41) is 6.25. The van der Waals surface area contributed by atoms with E-state index in [1.54, 1.807) is 43.5 Å². The number of benzene rings is 3. The topological polar surface area (TPSA) is 170 Å². The molecule has 0 aliphatic carbocycles. The van der Waals surface area contributed by atoms with Crippen LogP contribution in [0, 0.1) is 17.6 Å². The van der Waals surface area contributed by atoms with E-state index >= 15 is 8.78 Å². The van der Waals surface area contributed by atoms with E-state index in [-0.39, 0.29) is 57.9 Å². The van der Waals surface area contributed by atoms with Gasteiger partial charge in [-0.25, -0.2) is 32.2 Å². The van der Waals surface area contributed by atoms with Crippen LogP contribution in [-0.4, -0.2) is 91.0 Å². The quantitative estimate of drug-likeness (QED) is 0.104. The third-order valence-electron chi connectivity index (χ3n) is 12.0. The van der Waals surface area contributed by atoms with E-state index in [1.165, 1.54) is 23.5 Å². The molecule has 14 nitrogen and oxygen atoms in total. The number of amides is 3. The summed E-state index contributed by atoms with van der Waals surface area (Å²) in [4.78, 5) is 58.1. The average Bonchev–Trinajstić information content (AvgIpc) is 3.74. The van der Waals surface area contributed by atoms with Crippen LogP contribution in [0.2, 0.25) is 0 Å². The highest BCUT2D eigenvalue weighted by molar-refractivity contribution is 7.92. The van der Waals surface area contributed by atoms with Gasteiger partial charge in [0.15, 0.2) is 5.82 Å². The van der Waals surface area contributed by atoms with E-state index in [1.807, 2.05) is 54.8 Å². The Labute approximate surface area is 381 Å². The first kappa shape index (κ1) is 45.6.